The van der Waals surface area contributed by atoms with Gasteiger partial charge in [0.1, 0.15) is 6.61 Å². The molecular formula is C13H21N3O3. The molecule has 0 heterocycles. The van der Waals surface area contributed by atoms with Gasteiger partial charge in [-0.15, -0.1) is 0 Å². The Balaban J connectivity index is 3.64. The summed E-state index contributed by atoms with van der Waals surface area (Å²) in [4.78, 5) is 14.9. The van der Waals surface area contributed by atoms with E-state index < -0.39 is 6.16 Å². The van der Waals surface area contributed by atoms with E-state index in [1.165, 1.54) is 0 Å². The largest absolute Gasteiger partial charge is 0.508 e. The maximum Gasteiger partial charge on any atom is 0.508 e. The predicted molar refractivity (Wildman–Crippen MR) is 75.7 cm³/mol. The first-order valence-electron chi connectivity index (χ1n) is 5.88. The second-order valence-electron chi connectivity index (χ2n) is 3.59. The van der Waals surface area contributed by atoms with Crippen molar-refractivity contribution in [2.24, 2.45) is 16.5 Å². The summed E-state index contributed by atoms with van der Waals surface area (Å²) in [6.45, 7) is 6.35. The highest BCUT2D eigenvalue weighted by Crippen LogP contribution is 1.97. The van der Waals surface area contributed by atoms with Crippen LogP contribution < -0.4 is 11.5 Å². The molecule has 0 aliphatic carbocycles. The Morgan fingerprint density at radius 1 is 1.32 bits per heavy atom. The Hall–Kier alpha value is -2.24. The second kappa shape index (κ2) is 10.9. The molecule has 0 aromatic heterocycles. The van der Waals surface area contributed by atoms with Crippen LogP contribution in [0, 0.1) is 0 Å². The SMILES string of the molecule is C=C(/C=C\C=C/C)COC(=O)OCCCN=C(N)N. The summed E-state index contributed by atoms with van der Waals surface area (Å²) in [5, 5.41) is 0. The van der Waals surface area contributed by atoms with Crippen molar-refractivity contribution >= 4 is 12.1 Å². The van der Waals surface area contributed by atoms with Crippen molar-refractivity contribution in [2.45, 2.75) is 13.3 Å². The third-order valence-corrected chi connectivity index (χ3v) is 1.83. The van der Waals surface area contributed by atoms with Gasteiger partial charge in [0.25, 0.3) is 0 Å². The van der Waals surface area contributed by atoms with Gasteiger partial charge in [-0.1, -0.05) is 30.9 Å². The molecule has 19 heavy (non-hydrogen) atoms. The van der Waals surface area contributed by atoms with Gasteiger partial charge in [-0.05, 0) is 12.5 Å². The van der Waals surface area contributed by atoms with Gasteiger partial charge < -0.3 is 20.9 Å². The van der Waals surface area contributed by atoms with Crippen LogP contribution in [0.5, 0.6) is 0 Å². The summed E-state index contributed by atoms with van der Waals surface area (Å²) < 4.78 is 9.65. The molecule has 0 amide bonds. The number of guanidine groups is 1. The van der Waals surface area contributed by atoms with E-state index in [4.69, 9.17) is 20.9 Å². The molecule has 0 saturated carbocycles. The zero-order valence-corrected chi connectivity index (χ0v) is 11.2. The van der Waals surface area contributed by atoms with Crippen LogP contribution in [0.25, 0.3) is 0 Å². The number of ether oxygens (including phenoxy) is 2. The molecule has 4 N–H and O–H groups in total. The van der Waals surface area contributed by atoms with Gasteiger partial charge in [-0.25, -0.2) is 4.79 Å². The molecule has 0 radical (unpaired) electrons. The molecule has 106 valence electrons. The third-order valence-electron chi connectivity index (χ3n) is 1.83. The lowest BCUT2D eigenvalue weighted by Gasteiger charge is -2.05. The van der Waals surface area contributed by atoms with E-state index in [1.54, 1.807) is 6.08 Å². The van der Waals surface area contributed by atoms with Gasteiger partial charge in [0, 0.05) is 13.0 Å². The topological polar surface area (TPSA) is 99.9 Å². The summed E-state index contributed by atoms with van der Waals surface area (Å²) in [5.74, 6) is 0.0202. The van der Waals surface area contributed by atoms with Crippen LogP contribution in [0.4, 0.5) is 4.79 Å². The van der Waals surface area contributed by atoms with Crippen molar-refractivity contribution in [1.29, 1.82) is 0 Å². The molecule has 0 aromatic carbocycles. The molecule has 0 fully saturated rings. The van der Waals surface area contributed by atoms with Crippen LogP contribution in [-0.4, -0.2) is 31.9 Å². The summed E-state index contributed by atoms with van der Waals surface area (Å²) in [5.41, 5.74) is 11.0. The maximum atomic E-state index is 11.2. The number of hydrogen-bond acceptors (Lipinski definition) is 4. The molecule has 0 unspecified atom stereocenters. The molecule has 0 aliphatic heterocycles. The van der Waals surface area contributed by atoms with Gasteiger partial charge >= 0.3 is 6.16 Å². The number of carbonyl (C=O) groups excluding carboxylic acids is 1. The standard InChI is InChI=1S/C13H21N3O3/c1-3-4-5-7-11(2)10-19-13(17)18-9-6-8-16-12(14)15/h3-5,7H,2,6,8-10H2,1H3,(H4,14,15,16)/b4-3-,7-5-. The smallest absolute Gasteiger partial charge is 0.434 e. The molecule has 0 aromatic rings. The zero-order chi connectivity index (χ0) is 14.5. The lowest BCUT2D eigenvalue weighted by Crippen LogP contribution is -2.23. The van der Waals surface area contributed by atoms with Gasteiger partial charge in [-0.3, -0.25) is 4.99 Å². The van der Waals surface area contributed by atoms with E-state index >= 15 is 0 Å². The molecule has 0 atom stereocenters. The van der Waals surface area contributed by atoms with Crippen LogP contribution in [0.15, 0.2) is 41.4 Å². The molecule has 6 nitrogen and oxygen atoms in total. The summed E-state index contributed by atoms with van der Waals surface area (Å²) in [7, 11) is 0. The Bertz CT molecular complexity index is 369. The number of nitrogens with two attached hydrogens (primary N) is 2. The Morgan fingerprint density at radius 2 is 2.05 bits per heavy atom. The fourth-order valence-corrected chi connectivity index (χ4v) is 0.972. The first-order chi connectivity index (χ1) is 9.06. The minimum atomic E-state index is -0.731. The van der Waals surface area contributed by atoms with Crippen molar-refractivity contribution in [3.63, 3.8) is 0 Å². The Kier molecular flexibility index (Phi) is 9.60. The highest BCUT2D eigenvalue weighted by Gasteiger charge is 2.03. The Morgan fingerprint density at radius 3 is 2.68 bits per heavy atom. The number of rotatable bonds is 8. The van der Waals surface area contributed by atoms with Crippen LogP contribution in [0.2, 0.25) is 0 Å². The minimum Gasteiger partial charge on any atom is -0.434 e. The quantitative estimate of drug-likeness (QED) is 0.228. The average molecular weight is 267 g/mol. The second-order valence-corrected chi connectivity index (χ2v) is 3.59. The van der Waals surface area contributed by atoms with Crippen molar-refractivity contribution in [1.82, 2.24) is 0 Å². The van der Waals surface area contributed by atoms with Crippen molar-refractivity contribution in [3.05, 3.63) is 36.5 Å². The van der Waals surface area contributed by atoms with Crippen molar-refractivity contribution < 1.29 is 14.3 Å². The normalized spacial score (nSPS) is 10.6. The first kappa shape index (κ1) is 16.8. The van der Waals surface area contributed by atoms with Crippen molar-refractivity contribution in [3.8, 4) is 0 Å². The monoisotopic (exact) mass is 267 g/mol. The number of aliphatic imine (C=N–C) groups is 1. The van der Waals surface area contributed by atoms with Crippen LogP contribution in [0.1, 0.15) is 13.3 Å². The zero-order valence-electron chi connectivity index (χ0n) is 11.2. The maximum absolute atomic E-state index is 11.2. The van der Waals surface area contributed by atoms with Crippen molar-refractivity contribution in [2.75, 3.05) is 19.8 Å². The van der Waals surface area contributed by atoms with E-state index in [0.29, 0.717) is 18.5 Å². The van der Waals surface area contributed by atoms with Gasteiger partial charge in [0.15, 0.2) is 5.96 Å². The summed E-state index contributed by atoms with van der Waals surface area (Å²) in [6, 6.07) is 0. The van der Waals surface area contributed by atoms with E-state index in [0.717, 1.165) is 0 Å². The number of hydrogen-bond donors (Lipinski definition) is 2. The van der Waals surface area contributed by atoms with E-state index in [1.807, 2.05) is 25.2 Å². The molecule has 0 aliphatic rings. The Labute approximate surface area is 113 Å². The molecule has 0 bridgehead atoms. The highest BCUT2D eigenvalue weighted by molar-refractivity contribution is 5.75. The van der Waals surface area contributed by atoms with Crippen LogP contribution in [-0.2, 0) is 9.47 Å². The van der Waals surface area contributed by atoms with E-state index in [2.05, 4.69) is 11.6 Å². The number of carbonyl (C=O) groups is 1. The fourth-order valence-electron chi connectivity index (χ4n) is 0.972. The van der Waals surface area contributed by atoms with Crippen LogP contribution in [0.3, 0.4) is 0 Å². The number of nitrogens with zero attached hydrogens (tertiary/aromatic N) is 1. The lowest BCUT2D eigenvalue weighted by molar-refractivity contribution is 0.0618. The van der Waals surface area contributed by atoms with Gasteiger partial charge in [0.2, 0.25) is 0 Å². The lowest BCUT2D eigenvalue weighted by atomic mass is 10.3. The molecule has 6 heteroatoms. The van der Waals surface area contributed by atoms with Gasteiger partial charge in [-0.2, -0.15) is 0 Å². The highest BCUT2D eigenvalue weighted by atomic mass is 16.7. The predicted octanol–water partition coefficient (Wildman–Crippen LogP) is 1.49. The molecule has 0 rings (SSSR count). The minimum absolute atomic E-state index is 0.0202. The van der Waals surface area contributed by atoms with E-state index in [9.17, 15) is 4.79 Å². The van der Waals surface area contributed by atoms with Gasteiger partial charge in [0.05, 0.1) is 6.61 Å². The fraction of sp³-hybridized carbons (Fsp3) is 0.385. The van der Waals surface area contributed by atoms with Crippen LogP contribution >= 0.6 is 0 Å². The molecule has 0 spiro atoms. The average Bonchev–Trinajstić information content (AvgIpc) is 2.36. The number of allylic oxidation sites excluding steroid dienone is 3. The first-order valence-corrected chi connectivity index (χ1v) is 5.88. The summed E-state index contributed by atoms with van der Waals surface area (Å²) in [6.07, 6.45) is 7.11. The molecule has 0 saturated heterocycles. The van der Waals surface area contributed by atoms with E-state index in [-0.39, 0.29) is 19.2 Å². The third kappa shape index (κ3) is 12.0. The summed E-state index contributed by atoms with van der Waals surface area (Å²) >= 11 is 0. The molecular weight excluding hydrogens is 246 g/mol.